The van der Waals surface area contributed by atoms with Gasteiger partial charge in [0, 0.05) is 49.1 Å². The summed E-state index contributed by atoms with van der Waals surface area (Å²) in [6, 6.07) is 28.6. The monoisotopic (exact) mass is 476 g/mol. The minimum atomic E-state index is -0.201. The Morgan fingerprint density at radius 2 is 1.64 bits per heavy atom. The Balaban J connectivity index is 1.31. The van der Waals surface area contributed by atoms with Crippen molar-refractivity contribution in [2.75, 3.05) is 13.1 Å². The third-order valence-corrected chi connectivity index (χ3v) is 6.83. The Bertz CT molecular complexity index is 1370. The summed E-state index contributed by atoms with van der Waals surface area (Å²) >= 11 is 0. The number of aromatic nitrogens is 1. The second-order valence-corrected chi connectivity index (χ2v) is 9.73. The third-order valence-electron chi connectivity index (χ3n) is 6.83. The molecule has 0 saturated carbocycles. The molecule has 182 valence electrons. The number of likely N-dealkylation sites (tertiary alicyclic amines) is 1. The summed E-state index contributed by atoms with van der Waals surface area (Å²) in [5.74, 6) is 0.266. The standard InChI is InChI=1S/C31H32N4O/c1-22(2)24-12-14-25(15-13-24)30-20-28(27-10-6-7-11-29(27)32-30)31(36)34-33-26-16-18-35(19-17-26)21-23-8-4-3-5-9-23/h3-15,20,22H,16-19,21H2,1-2H3,(H,34,36). The fraction of sp³-hybridized carbons (Fsp3) is 0.258. The van der Waals surface area contributed by atoms with Gasteiger partial charge < -0.3 is 0 Å². The van der Waals surface area contributed by atoms with Crippen LogP contribution in [0.25, 0.3) is 22.2 Å². The lowest BCUT2D eigenvalue weighted by Crippen LogP contribution is -2.34. The number of piperidine rings is 1. The Hall–Kier alpha value is -3.83. The zero-order chi connectivity index (χ0) is 24.9. The summed E-state index contributed by atoms with van der Waals surface area (Å²) in [6.07, 6.45) is 1.72. The number of benzene rings is 3. The van der Waals surface area contributed by atoms with Crippen LogP contribution in [0.5, 0.6) is 0 Å². The number of carbonyl (C=O) groups is 1. The van der Waals surface area contributed by atoms with Crippen LogP contribution in [0.3, 0.4) is 0 Å². The second kappa shape index (κ2) is 10.8. The van der Waals surface area contributed by atoms with Crippen LogP contribution >= 0.6 is 0 Å². The zero-order valence-electron chi connectivity index (χ0n) is 20.9. The number of hydrogen-bond acceptors (Lipinski definition) is 4. The molecule has 4 aromatic rings. The molecule has 5 rings (SSSR count). The van der Waals surface area contributed by atoms with Gasteiger partial charge in [-0.2, -0.15) is 5.10 Å². The molecule has 0 bridgehead atoms. The highest BCUT2D eigenvalue weighted by atomic mass is 16.2. The van der Waals surface area contributed by atoms with Crippen LogP contribution in [-0.4, -0.2) is 34.6 Å². The van der Waals surface area contributed by atoms with Gasteiger partial charge in [0.15, 0.2) is 0 Å². The number of pyridine rings is 1. The number of fused-ring (bicyclic) bond motifs is 1. The Kier molecular flexibility index (Phi) is 7.19. The molecule has 5 heteroatoms. The molecule has 3 aromatic carbocycles. The van der Waals surface area contributed by atoms with E-state index in [2.05, 4.69) is 77.8 Å². The fourth-order valence-electron chi connectivity index (χ4n) is 4.66. The van der Waals surface area contributed by atoms with E-state index in [0.29, 0.717) is 11.5 Å². The van der Waals surface area contributed by atoms with E-state index in [9.17, 15) is 4.79 Å². The minimum absolute atomic E-state index is 0.201. The number of amides is 1. The highest BCUT2D eigenvalue weighted by molar-refractivity contribution is 6.07. The van der Waals surface area contributed by atoms with E-state index >= 15 is 0 Å². The fourth-order valence-corrected chi connectivity index (χ4v) is 4.66. The van der Waals surface area contributed by atoms with Crippen LogP contribution in [0.15, 0.2) is 90.0 Å². The topological polar surface area (TPSA) is 57.6 Å². The van der Waals surface area contributed by atoms with E-state index in [1.54, 1.807) is 0 Å². The van der Waals surface area contributed by atoms with E-state index < -0.39 is 0 Å². The Morgan fingerprint density at radius 1 is 0.944 bits per heavy atom. The van der Waals surface area contributed by atoms with Crippen molar-refractivity contribution >= 4 is 22.5 Å². The van der Waals surface area contributed by atoms with Crippen molar-refractivity contribution in [1.29, 1.82) is 0 Å². The van der Waals surface area contributed by atoms with Gasteiger partial charge in [-0.15, -0.1) is 0 Å². The smallest absolute Gasteiger partial charge is 0.272 e. The Morgan fingerprint density at radius 3 is 2.36 bits per heavy atom. The van der Waals surface area contributed by atoms with Gasteiger partial charge in [-0.1, -0.05) is 86.6 Å². The van der Waals surface area contributed by atoms with Gasteiger partial charge in [-0.25, -0.2) is 10.4 Å². The van der Waals surface area contributed by atoms with Gasteiger partial charge in [-0.05, 0) is 29.2 Å². The van der Waals surface area contributed by atoms with Crippen LogP contribution in [0, 0.1) is 0 Å². The first-order chi connectivity index (χ1) is 17.6. The number of hydrogen-bond donors (Lipinski definition) is 1. The molecule has 0 spiro atoms. The van der Waals surface area contributed by atoms with Crippen LogP contribution < -0.4 is 5.43 Å². The largest absolute Gasteiger partial charge is 0.298 e. The molecule has 1 saturated heterocycles. The van der Waals surface area contributed by atoms with Crippen molar-refractivity contribution in [3.63, 3.8) is 0 Å². The maximum atomic E-state index is 13.3. The highest BCUT2D eigenvalue weighted by Gasteiger charge is 2.17. The molecular formula is C31H32N4O. The van der Waals surface area contributed by atoms with E-state index in [1.807, 2.05) is 36.4 Å². The third kappa shape index (κ3) is 5.52. The molecule has 1 aliphatic heterocycles. The summed E-state index contributed by atoms with van der Waals surface area (Å²) < 4.78 is 0. The molecule has 1 fully saturated rings. The SMILES string of the molecule is CC(C)c1ccc(-c2cc(C(=O)NN=C3CCN(Cc4ccccc4)CC3)c3ccccc3n2)cc1. The summed E-state index contributed by atoms with van der Waals surface area (Å²) in [7, 11) is 0. The van der Waals surface area contributed by atoms with Gasteiger partial charge in [0.25, 0.3) is 5.91 Å². The highest BCUT2D eigenvalue weighted by Crippen LogP contribution is 2.26. The summed E-state index contributed by atoms with van der Waals surface area (Å²) in [4.78, 5) is 20.5. The molecule has 1 aliphatic rings. The van der Waals surface area contributed by atoms with Crippen molar-refractivity contribution in [3.8, 4) is 11.3 Å². The molecule has 5 nitrogen and oxygen atoms in total. The first-order valence-electron chi connectivity index (χ1n) is 12.7. The van der Waals surface area contributed by atoms with E-state index in [0.717, 1.165) is 60.3 Å². The first kappa shape index (κ1) is 23.9. The number of nitrogens with zero attached hydrogens (tertiary/aromatic N) is 3. The number of rotatable bonds is 6. The average molecular weight is 477 g/mol. The lowest BCUT2D eigenvalue weighted by molar-refractivity contribution is 0.0956. The molecule has 1 N–H and O–H groups in total. The Labute approximate surface area is 212 Å². The molecule has 1 amide bonds. The van der Waals surface area contributed by atoms with Gasteiger partial charge in [-0.3, -0.25) is 9.69 Å². The molecule has 0 radical (unpaired) electrons. The maximum absolute atomic E-state index is 13.3. The van der Waals surface area contributed by atoms with Gasteiger partial charge in [0.2, 0.25) is 0 Å². The number of hydrazone groups is 1. The van der Waals surface area contributed by atoms with Crippen LogP contribution in [-0.2, 0) is 6.54 Å². The second-order valence-electron chi connectivity index (χ2n) is 9.73. The van der Waals surface area contributed by atoms with Crippen LogP contribution in [0.2, 0.25) is 0 Å². The molecule has 2 heterocycles. The van der Waals surface area contributed by atoms with Crippen molar-refractivity contribution in [2.45, 2.75) is 39.2 Å². The van der Waals surface area contributed by atoms with Crippen LogP contribution in [0.4, 0.5) is 0 Å². The minimum Gasteiger partial charge on any atom is -0.298 e. The van der Waals surface area contributed by atoms with Crippen LogP contribution in [0.1, 0.15) is 54.1 Å². The summed E-state index contributed by atoms with van der Waals surface area (Å²) in [6.45, 7) is 7.20. The summed E-state index contributed by atoms with van der Waals surface area (Å²) in [5.41, 5.74) is 9.65. The average Bonchev–Trinajstić information content (AvgIpc) is 2.92. The van der Waals surface area contributed by atoms with Crippen molar-refractivity contribution in [2.24, 2.45) is 5.10 Å². The van der Waals surface area contributed by atoms with E-state index in [4.69, 9.17) is 4.98 Å². The van der Waals surface area contributed by atoms with Gasteiger partial charge in [0.1, 0.15) is 0 Å². The molecule has 0 unspecified atom stereocenters. The summed E-state index contributed by atoms with van der Waals surface area (Å²) in [5, 5.41) is 5.34. The normalized spacial score (nSPS) is 14.2. The van der Waals surface area contributed by atoms with E-state index in [-0.39, 0.29) is 5.91 Å². The first-order valence-corrected chi connectivity index (χ1v) is 12.7. The molecular weight excluding hydrogens is 444 g/mol. The van der Waals surface area contributed by atoms with Crippen molar-refractivity contribution in [1.82, 2.24) is 15.3 Å². The lowest BCUT2D eigenvalue weighted by atomic mass is 9.99. The van der Waals surface area contributed by atoms with Crippen molar-refractivity contribution < 1.29 is 4.79 Å². The predicted octanol–water partition coefficient (Wildman–Crippen LogP) is 6.41. The number of carbonyl (C=O) groups excluding carboxylic acids is 1. The number of para-hydroxylation sites is 1. The maximum Gasteiger partial charge on any atom is 0.272 e. The van der Waals surface area contributed by atoms with Gasteiger partial charge in [0.05, 0.1) is 16.8 Å². The zero-order valence-corrected chi connectivity index (χ0v) is 20.9. The molecule has 0 aliphatic carbocycles. The van der Waals surface area contributed by atoms with E-state index in [1.165, 1.54) is 11.1 Å². The predicted molar refractivity (Wildman–Crippen MR) is 147 cm³/mol. The molecule has 0 atom stereocenters. The van der Waals surface area contributed by atoms with Gasteiger partial charge >= 0.3 is 0 Å². The molecule has 36 heavy (non-hydrogen) atoms. The molecule has 1 aromatic heterocycles. The quantitative estimate of drug-likeness (QED) is 0.327. The number of nitrogens with one attached hydrogen (secondary N) is 1. The van der Waals surface area contributed by atoms with Crippen molar-refractivity contribution in [3.05, 3.63) is 102 Å². The lowest BCUT2D eigenvalue weighted by Gasteiger charge is -2.27.